The van der Waals surface area contributed by atoms with Gasteiger partial charge in [-0.15, -0.1) is 13.2 Å². The lowest BCUT2D eigenvalue weighted by Crippen LogP contribution is -2.18. The third-order valence-electron chi connectivity index (χ3n) is 1.37. The molecule has 0 fully saturated rings. The maximum Gasteiger partial charge on any atom is 0.574 e. The van der Waals surface area contributed by atoms with E-state index in [9.17, 15) is 13.2 Å². The Morgan fingerprint density at radius 3 is 2.60 bits per heavy atom. The molecule has 1 rings (SSSR count). The van der Waals surface area contributed by atoms with Crippen LogP contribution in [-0.4, -0.2) is 16.5 Å². The molecule has 0 unspecified atom stereocenters. The maximum absolute atomic E-state index is 11.8. The number of rotatable bonds is 2. The molecule has 1 heterocycles. The van der Waals surface area contributed by atoms with Crippen LogP contribution in [0.1, 0.15) is 11.3 Å². The predicted molar refractivity (Wildman–Crippen MR) is 41.6 cm³/mol. The zero-order chi connectivity index (χ0) is 11.5. The Morgan fingerprint density at radius 2 is 2.13 bits per heavy atom. The number of aliphatic hydroxyl groups excluding tert-OH is 1. The van der Waals surface area contributed by atoms with Crippen LogP contribution < -0.4 is 4.74 Å². The number of hydrogen-bond acceptors (Lipinski definition) is 4. The van der Waals surface area contributed by atoms with Gasteiger partial charge in [-0.25, -0.2) is 4.98 Å². The third-order valence-corrected chi connectivity index (χ3v) is 1.37. The summed E-state index contributed by atoms with van der Waals surface area (Å²) in [5.41, 5.74) is -0.124. The van der Waals surface area contributed by atoms with Gasteiger partial charge in [-0.1, -0.05) is 0 Å². The van der Waals surface area contributed by atoms with Gasteiger partial charge in [0.05, 0.1) is 23.9 Å². The smallest absolute Gasteiger partial charge is 0.390 e. The SMILES string of the molecule is N#Cc1cc(CO)nc(OC(F)(F)F)c1. The maximum atomic E-state index is 11.8. The van der Waals surface area contributed by atoms with E-state index >= 15 is 0 Å². The molecule has 0 atom stereocenters. The topological polar surface area (TPSA) is 66.1 Å². The Morgan fingerprint density at radius 1 is 1.47 bits per heavy atom. The van der Waals surface area contributed by atoms with E-state index in [2.05, 4.69) is 9.72 Å². The molecule has 0 aromatic carbocycles. The minimum absolute atomic E-state index is 0.0618. The molecule has 1 aromatic heterocycles. The van der Waals surface area contributed by atoms with Gasteiger partial charge in [0.2, 0.25) is 5.88 Å². The number of aliphatic hydroxyl groups is 1. The second-order valence-corrected chi connectivity index (χ2v) is 2.50. The van der Waals surface area contributed by atoms with Gasteiger partial charge in [-0.3, -0.25) is 0 Å². The number of nitriles is 1. The van der Waals surface area contributed by atoms with Crippen molar-refractivity contribution in [2.75, 3.05) is 0 Å². The monoisotopic (exact) mass is 218 g/mol. The van der Waals surface area contributed by atoms with Crippen molar-refractivity contribution in [3.8, 4) is 11.9 Å². The highest BCUT2D eigenvalue weighted by atomic mass is 19.4. The van der Waals surface area contributed by atoms with Gasteiger partial charge in [0.25, 0.3) is 0 Å². The highest BCUT2D eigenvalue weighted by Gasteiger charge is 2.32. The lowest BCUT2D eigenvalue weighted by atomic mass is 10.2. The van der Waals surface area contributed by atoms with Crippen LogP contribution in [0.25, 0.3) is 0 Å². The summed E-state index contributed by atoms with van der Waals surface area (Å²) < 4.78 is 38.9. The number of ether oxygens (including phenoxy) is 1. The molecule has 7 heteroatoms. The molecule has 80 valence electrons. The van der Waals surface area contributed by atoms with Crippen molar-refractivity contribution in [1.29, 1.82) is 5.26 Å². The number of alkyl halides is 3. The molecule has 0 aliphatic heterocycles. The molecule has 1 N–H and O–H groups in total. The molecule has 0 saturated heterocycles. The molecular formula is C8H5F3N2O2. The van der Waals surface area contributed by atoms with E-state index in [0.29, 0.717) is 0 Å². The summed E-state index contributed by atoms with van der Waals surface area (Å²) in [5, 5.41) is 17.2. The van der Waals surface area contributed by atoms with Gasteiger partial charge < -0.3 is 9.84 Å². The fourth-order valence-electron chi connectivity index (χ4n) is 0.877. The standard InChI is InChI=1S/C8H5F3N2O2/c9-8(10,11)15-7-2-5(3-12)1-6(4-14)13-7/h1-2,14H,4H2. The lowest BCUT2D eigenvalue weighted by molar-refractivity contribution is -0.276. The first-order valence-corrected chi connectivity index (χ1v) is 3.72. The van der Waals surface area contributed by atoms with Crippen LogP contribution in [0.2, 0.25) is 0 Å². The number of aromatic nitrogens is 1. The Balaban J connectivity index is 3.03. The minimum Gasteiger partial charge on any atom is -0.390 e. The highest BCUT2D eigenvalue weighted by molar-refractivity contribution is 5.34. The van der Waals surface area contributed by atoms with Gasteiger partial charge >= 0.3 is 6.36 Å². The Hall–Kier alpha value is -1.81. The third kappa shape index (κ3) is 3.44. The van der Waals surface area contributed by atoms with Crippen molar-refractivity contribution in [1.82, 2.24) is 4.98 Å². The number of halogens is 3. The van der Waals surface area contributed by atoms with Crippen LogP contribution in [0, 0.1) is 11.3 Å². The number of nitrogens with zero attached hydrogens (tertiary/aromatic N) is 2. The van der Waals surface area contributed by atoms with E-state index in [0.717, 1.165) is 6.07 Å². The Bertz CT molecular complexity index is 398. The van der Waals surface area contributed by atoms with Crippen molar-refractivity contribution >= 4 is 0 Å². The van der Waals surface area contributed by atoms with Crippen molar-refractivity contribution in [2.45, 2.75) is 13.0 Å². The second kappa shape index (κ2) is 4.14. The van der Waals surface area contributed by atoms with E-state index in [-0.39, 0.29) is 11.3 Å². The molecule has 1 aromatic rings. The van der Waals surface area contributed by atoms with E-state index in [4.69, 9.17) is 10.4 Å². The molecule has 4 nitrogen and oxygen atoms in total. The van der Waals surface area contributed by atoms with Crippen LogP contribution in [0.5, 0.6) is 5.88 Å². The molecule has 0 bridgehead atoms. The predicted octanol–water partition coefficient (Wildman–Crippen LogP) is 1.34. The van der Waals surface area contributed by atoms with E-state index in [1.807, 2.05) is 0 Å². The summed E-state index contributed by atoms with van der Waals surface area (Å²) in [6, 6.07) is 3.64. The summed E-state index contributed by atoms with van der Waals surface area (Å²) in [5.74, 6) is -0.759. The molecule has 0 amide bonds. The first kappa shape index (κ1) is 11.3. The molecule has 0 saturated carbocycles. The quantitative estimate of drug-likeness (QED) is 0.813. The average molecular weight is 218 g/mol. The summed E-state index contributed by atoms with van der Waals surface area (Å²) in [6.07, 6.45) is -4.87. The fourth-order valence-corrected chi connectivity index (χ4v) is 0.877. The van der Waals surface area contributed by atoms with E-state index in [1.165, 1.54) is 6.07 Å². The minimum atomic E-state index is -4.87. The average Bonchev–Trinajstić information content (AvgIpc) is 2.14. The second-order valence-electron chi connectivity index (χ2n) is 2.50. The zero-order valence-corrected chi connectivity index (χ0v) is 7.25. The lowest BCUT2D eigenvalue weighted by Gasteiger charge is -2.08. The fraction of sp³-hybridized carbons (Fsp3) is 0.250. The van der Waals surface area contributed by atoms with Gasteiger partial charge in [0.1, 0.15) is 0 Å². The highest BCUT2D eigenvalue weighted by Crippen LogP contribution is 2.22. The van der Waals surface area contributed by atoms with Crippen LogP contribution in [0.15, 0.2) is 12.1 Å². The molecule has 0 spiro atoms. The first-order chi connectivity index (χ1) is 6.94. The number of hydrogen-bond donors (Lipinski definition) is 1. The van der Waals surface area contributed by atoms with Crippen LogP contribution in [0.3, 0.4) is 0 Å². The Labute approximate surface area is 82.5 Å². The van der Waals surface area contributed by atoms with Crippen LogP contribution >= 0.6 is 0 Å². The Kier molecular flexibility index (Phi) is 3.11. The largest absolute Gasteiger partial charge is 0.574 e. The van der Waals surface area contributed by atoms with Gasteiger partial charge in [-0.05, 0) is 6.07 Å². The summed E-state index contributed by atoms with van der Waals surface area (Å²) >= 11 is 0. The summed E-state index contributed by atoms with van der Waals surface area (Å²) in [7, 11) is 0. The van der Waals surface area contributed by atoms with Gasteiger partial charge in [-0.2, -0.15) is 5.26 Å². The van der Waals surface area contributed by atoms with E-state index in [1.54, 1.807) is 6.07 Å². The van der Waals surface area contributed by atoms with Gasteiger partial charge in [0, 0.05) is 6.07 Å². The van der Waals surface area contributed by atoms with Crippen molar-refractivity contribution in [2.24, 2.45) is 0 Å². The molecule has 0 aliphatic carbocycles. The summed E-state index contributed by atoms with van der Waals surface area (Å²) in [6.45, 7) is -0.566. The molecular weight excluding hydrogens is 213 g/mol. The summed E-state index contributed by atoms with van der Waals surface area (Å²) in [4.78, 5) is 3.34. The zero-order valence-electron chi connectivity index (χ0n) is 7.25. The van der Waals surface area contributed by atoms with Gasteiger partial charge in [0.15, 0.2) is 0 Å². The first-order valence-electron chi connectivity index (χ1n) is 3.72. The molecule has 15 heavy (non-hydrogen) atoms. The molecule has 0 radical (unpaired) electrons. The molecule has 0 aliphatic rings. The number of pyridine rings is 1. The van der Waals surface area contributed by atoms with Crippen molar-refractivity contribution in [3.63, 3.8) is 0 Å². The normalized spacial score (nSPS) is 10.9. The van der Waals surface area contributed by atoms with Crippen molar-refractivity contribution in [3.05, 3.63) is 23.4 Å². The van der Waals surface area contributed by atoms with Crippen LogP contribution in [0.4, 0.5) is 13.2 Å². The van der Waals surface area contributed by atoms with E-state index < -0.39 is 18.8 Å². The van der Waals surface area contributed by atoms with Crippen molar-refractivity contribution < 1.29 is 23.0 Å². The van der Waals surface area contributed by atoms with Crippen LogP contribution in [-0.2, 0) is 6.61 Å².